The summed E-state index contributed by atoms with van der Waals surface area (Å²) in [6.07, 6.45) is 3.71. The molecule has 0 N–H and O–H groups in total. The molecule has 0 unspecified atom stereocenters. The van der Waals surface area contributed by atoms with Crippen molar-refractivity contribution in [1.82, 2.24) is 0 Å². The summed E-state index contributed by atoms with van der Waals surface area (Å²) in [6.45, 7) is 0. The Morgan fingerprint density at radius 2 is 1.94 bits per heavy atom. The van der Waals surface area contributed by atoms with Crippen LogP contribution in [-0.2, 0) is 9.63 Å². The van der Waals surface area contributed by atoms with Gasteiger partial charge in [0.2, 0.25) is 0 Å². The van der Waals surface area contributed by atoms with Gasteiger partial charge in [-0.2, -0.15) is 5.06 Å². The third kappa shape index (κ3) is 1.57. The van der Waals surface area contributed by atoms with Gasteiger partial charge in [0.05, 0.1) is 12.1 Å². The lowest BCUT2D eigenvalue weighted by Gasteiger charge is -2.35. The van der Waals surface area contributed by atoms with E-state index in [4.69, 9.17) is 4.84 Å². The van der Waals surface area contributed by atoms with Crippen LogP contribution in [0.1, 0.15) is 25.7 Å². The molecule has 1 aliphatic carbocycles. The molecule has 3 nitrogen and oxygen atoms in total. The summed E-state index contributed by atoms with van der Waals surface area (Å²) in [6, 6.07) is 7.61. The van der Waals surface area contributed by atoms with Crippen molar-refractivity contribution in [3.63, 3.8) is 0 Å². The van der Waals surface area contributed by atoms with Crippen molar-refractivity contribution in [3.05, 3.63) is 28.7 Å². The monoisotopic (exact) mass is 281 g/mol. The average Bonchev–Trinajstić information content (AvgIpc) is 2.57. The summed E-state index contributed by atoms with van der Waals surface area (Å²) in [7, 11) is 0. The number of halogens is 1. The van der Waals surface area contributed by atoms with E-state index in [1.54, 1.807) is 0 Å². The van der Waals surface area contributed by atoms with E-state index < -0.39 is 0 Å². The minimum atomic E-state index is -0.176. The summed E-state index contributed by atoms with van der Waals surface area (Å²) in [4.78, 5) is 17.6. The van der Waals surface area contributed by atoms with Crippen LogP contribution < -0.4 is 5.06 Å². The zero-order chi connectivity index (χ0) is 11.2. The molecule has 2 fully saturated rings. The molecule has 1 aromatic rings. The Bertz CT molecular complexity index is 425. The van der Waals surface area contributed by atoms with Crippen LogP contribution in [0.15, 0.2) is 28.7 Å². The first-order valence-corrected chi connectivity index (χ1v) is 6.26. The van der Waals surface area contributed by atoms with E-state index in [0.29, 0.717) is 6.42 Å². The standard InChI is InChI=1S/C12H12BrNO2/c13-9-2-4-10(5-3-9)14-11(15)8-12(16-14)6-1-7-12/h2-5H,1,6-8H2. The highest BCUT2D eigenvalue weighted by atomic mass is 79.9. The summed E-state index contributed by atoms with van der Waals surface area (Å²) in [5.74, 6) is 0.0713. The number of amides is 1. The van der Waals surface area contributed by atoms with Crippen molar-refractivity contribution in [1.29, 1.82) is 0 Å². The van der Waals surface area contributed by atoms with Crippen LogP contribution in [0.5, 0.6) is 0 Å². The minimum absolute atomic E-state index is 0.0713. The molecule has 1 saturated carbocycles. The highest BCUT2D eigenvalue weighted by molar-refractivity contribution is 9.10. The second-order valence-corrected chi connectivity index (χ2v) is 5.38. The SMILES string of the molecule is O=C1CC2(CCC2)ON1c1ccc(Br)cc1. The predicted molar refractivity (Wildman–Crippen MR) is 63.9 cm³/mol. The topological polar surface area (TPSA) is 29.5 Å². The first kappa shape index (κ1) is 10.3. The maximum absolute atomic E-state index is 11.9. The van der Waals surface area contributed by atoms with Gasteiger partial charge in [-0.25, -0.2) is 0 Å². The molecule has 1 aliphatic heterocycles. The largest absolute Gasteiger partial charge is 0.272 e. The van der Waals surface area contributed by atoms with Crippen molar-refractivity contribution in [2.24, 2.45) is 0 Å². The fourth-order valence-electron chi connectivity index (χ4n) is 2.24. The molecule has 1 amide bonds. The molecular weight excluding hydrogens is 270 g/mol. The minimum Gasteiger partial charge on any atom is -0.272 e. The molecule has 1 heterocycles. The maximum atomic E-state index is 11.9. The van der Waals surface area contributed by atoms with Gasteiger partial charge >= 0.3 is 0 Å². The van der Waals surface area contributed by atoms with E-state index in [1.807, 2.05) is 24.3 Å². The van der Waals surface area contributed by atoms with Crippen molar-refractivity contribution >= 4 is 27.5 Å². The van der Waals surface area contributed by atoms with E-state index in [2.05, 4.69) is 15.9 Å². The van der Waals surface area contributed by atoms with Crippen molar-refractivity contribution < 1.29 is 9.63 Å². The van der Waals surface area contributed by atoms with Crippen LogP contribution in [0.25, 0.3) is 0 Å². The lowest BCUT2D eigenvalue weighted by atomic mass is 9.78. The van der Waals surface area contributed by atoms with E-state index in [-0.39, 0.29) is 11.5 Å². The molecule has 0 radical (unpaired) electrons. The van der Waals surface area contributed by atoms with Gasteiger partial charge in [-0.1, -0.05) is 15.9 Å². The van der Waals surface area contributed by atoms with Crippen LogP contribution in [0.4, 0.5) is 5.69 Å². The molecule has 1 spiro atoms. The number of hydrogen-bond acceptors (Lipinski definition) is 2. The van der Waals surface area contributed by atoms with Crippen LogP contribution in [-0.4, -0.2) is 11.5 Å². The highest BCUT2D eigenvalue weighted by Crippen LogP contribution is 2.44. The molecule has 2 aliphatic rings. The Hall–Kier alpha value is -0.870. The molecule has 16 heavy (non-hydrogen) atoms. The highest BCUT2D eigenvalue weighted by Gasteiger charge is 2.49. The number of hydrogen-bond donors (Lipinski definition) is 0. The lowest BCUT2D eigenvalue weighted by molar-refractivity contribution is -0.120. The molecule has 0 aromatic heterocycles. The van der Waals surface area contributed by atoms with E-state index in [1.165, 1.54) is 11.5 Å². The van der Waals surface area contributed by atoms with Crippen LogP contribution >= 0.6 is 15.9 Å². The van der Waals surface area contributed by atoms with Crippen LogP contribution in [0.3, 0.4) is 0 Å². The Labute approximate surface area is 102 Å². The third-order valence-electron chi connectivity index (χ3n) is 3.31. The van der Waals surface area contributed by atoms with Gasteiger partial charge in [0.1, 0.15) is 5.60 Å². The summed E-state index contributed by atoms with van der Waals surface area (Å²) in [5.41, 5.74) is 0.640. The van der Waals surface area contributed by atoms with Gasteiger partial charge in [-0.3, -0.25) is 9.63 Å². The van der Waals surface area contributed by atoms with Crippen molar-refractivity contribution in [2.75, 3.05) is 5.06 Å². The van der Waals surface area contributed by atoms with Crippen LogP contribution in [0, 0.1) is 0 Å². The Balaban J connectivity index is 1.85. The predicted octanol–water partition coefficient (Wildman–Crippen LogP) is 3.04. The summed E-state index contributed by atoms with van der Waals surface area (Å²) >= 11 is 3.37. The fraction of sp³-hybridized carbons (Fsp3) is 0.417. The molecule has 0 atom stereocenters. The smallest absolute Gasteiger partial charge is 0.253 e. The van der Waals surface area contributed by atoms with Crippen molar-refractivity contribution in [2.45, 2.75) is 31.3 Å². The van der Waals surface area contributed by atoms with Crippen molar-refractivity contribution in [3.8, 4) is 0 Å². The molecule has 84 valence electrons. The van der Waals surface area contributed by atoms with Gasteiger partial charge in [-0.15, -0.1) is 0 Å². The fourth-order valence-corrected chi connectivity index (χ4v) is 2.50. The Kier molecular flexibility index (Phi) is 2.30. The second kappa shape index (κ2) is 3.57. The number of nitrogens with zero attached hydrogens (tertiary/aromatic N) is 1. The quantitative estimate of drug-likeness (QED) is 0.792. The van der Waals surface area contributed by atoms with Gasteiger partial charge in [0.15, 0.2) is 0 Å². The third-order valence-corrected chi connectivity index (χ3v) is 3.84. The van der Waals surface area contributed by atoms with Crippen LogP contribution in [0.2, 0.25) is 0 Å². The molecule has 3 rings (SSSR count). The molecule has 1 saturated heterocycles. The summed E-state index contributed by atoms with van der Waals surface area (Å²) in [5, 5.41) is 1.45. The number of benzene rings is 1. The molecular formula is C12H12BrNO2. The molecule has 4 heteroatoms. The Morgan fingerprint density at radius 1 is 1.25 bits per heavy atom. The number of hydroxylamine groups is 1. The molecule has 0 bridgehead atoms. The second-order valence-electron chi connectivity index (χ2n) is 4.47. The lowest BCUT2D eigenvalue weighted by Crippen LogP contribution is -2.37. The molecule has 1 aromatic carbocycles. The normalized spacial score (nSPS) is 22.6. The average molecular weight is 282 g/mol. The van der Waals surface area contributed by atoms with Gasteiger partial charge in [-0.05, 0) is 43.5 Å². The van der Waals surface area contributed by atoms with E-state index in [9.17, 15) is 4.79 Å². The summed E-state index contributed by atoms with van der Waals surface area (Å²) < 4.78 is 1.00. The first-order chi connectivity index (χ1) is 7.69. The first-order valence-electron chi connectivity index (χ1n) is 5.46. The van der Waals surface area contributed by atoms with E-state index >= 15 is 0 Å². The number of carbonyl (C=O) groups excluding carboxylic acids is 1. The van der Waals surface area contributed by atoms with Gasteiger partial charge < -0.3 is 0 Å². The van der Waals surface area contributed by atoms with E-state index in [0.717, 1.165) is 23.0 Å². The Morgan fingerprint density at radius 3 is 2.44 bits per heavy atom. The number of anilines is 1. The van der Waals surface area contributed by atoms with Gasteiger partial charge in [0.25, 0.3) is 5.91 Å². The zero-order valence-electron chi connectivity index (χ0n) is 8.78. The van der Waals surface area contributed by atoms with Gasteiger partial charge in [0, 0.05) is 4.47 Å². The maximum Gasteiger partial charge on any atom is 0.253 e. The number of rotatable bonds is 1. The zero-order valence-corrected chi connectivity index (χ0v) is 10.4. The number of carbonyl (C=O) groups is 1.